The van der Waals surface area contributed by atoms with Gasteiger partial charge in [0.2, 0.25) is 10.0 Å². The van der Waals surface area contributed by atoms with Crippen molar-refractivity contribution < 1.29 is 17.9 Å². The Labute approximate surface area is 158 Å². The Morgan fingerprint density at radius 3 is 2.44 bits per heavy atom. The fourth-order valence-electron chi connectivity index (χ4n) is 2.38. The van der Waals surface area contributed by atoms with Crippen molar-refractivity contribution in [1.82, 2.24) is 10.4 Å². The Morgan fingerprint density at radius 1 is 1.26 bits per heavy atom. The quantitative estimate of drug-likeness (QED) is 0.547. The molecule has 1 N–H and O–H groups in total. The lowest BCUT2D eigenvalue weighted by molar-refractivity contribution is -0.121. The SMILES string of the molecule is CCOc1ccc(N([C@@H](C)C(=O)N/N=C\c2ccncc2)S(C)(=O)=O)cc1. The maximum absolute atomic E-state index is 12.4. The molecule has 9 heteroatoms. The summed E-state index contributed by atoms with van der Waals surface area (Å²) in [4.78, 5) is 16.3. The average Bonchev–Trinajstić information content (AvgIpc) is 2.63. The summed E-state index contributed by atoms with van der Waals surface area (Å²) < 4.78 is 30.9. The van der Waals surface area contributed by atoms with E-state index in [1.54, 1.807) is 48.8 Å². The highest BCUT2D eigenvalue weighted by atomic mass is 32.2. The van der Waals surface area contributed by atoms with E-state index in [2.05, 4.69) is 15.5 Å². The first-order valence-corrected chi connectivity index (χ1v) is 10.1. The van der Waals surface area contributed by atoms with Crippen LogP contribution in [0.4, 0.5) is 5.69 Å². The number of nitrogens with zero attached hydrogens (tertiary/aromatic N) is 3. The molecule has 0 aliphatic carbocycles. The number of hydrazone groups is 1. The summed E-state index contributed by atoms with van der Waals surface area (Å²) in [6, 6.07) is 8.95. The zero-order chi connectivity index (χ0) is 19.9. The molecule has 0 bridgehead atoms. The molecule has 1 atom stereocenters. The number of sulfonamides is 1. The van der Waals surface area contributed by atoms with E-state index in [9.17, 15) is 13.2 Å². The van der Waals surface area contributed by atoms with Crippen LogP contribution in [0.2, 0.25) is 0 Å². The lowest BCUT2D eigenvalue weighted by atomic mass is 10.2. The van der Waals surface area contributed by atoms with Gasteiger partial charge < -0.3 is 4.74 Å². The molecule has 0 radical (unpaired) electrons. The third-order valence-electron chi connectivity index (χ3n) is 3.59. The number of amides is 1. The Morgan fingerprint density at radius 2 is 1.89 bits per heavy atom. The number of benzene rings is 1. The van der Waals surface area contributed by atoms with Gasteiger partial charge in [-0.25, -0.2) is 13.8 Å². The Bertz CT molecular complexity index is 883. The van der Waals surface area contributed by atoms with Crippen LogP contribution in [-0.4, -0.2) is 44.4 Å². The molecule has 0 aliphatic heterocycles. The highest BCUT2D eigenvalue weighted by molar-refractivity contribution is 7.92. The van der Waals surface area contributed by atoms with E-state index in [0.29, 0.717) is 18.0 Å². The van der Waals surface area contributed by atoms with Crippen LogP contribution < -0.4 is 14.5 Å². The van der Waals surface area contributed by atoms with Crippen molar-refractivity contribution in [2.45, 2.75) is 19.9 Å². The Balaban J connectivity index is 2.15. The first-order valence-electron chi connectivity index (χ1n) is 8.28. The number of pyridine rings is 1. The minimum Gasteiger partial charge on any atom is -0.494 e. The van der Waals surface area contributed by atoms with Crippen molar-refractivity contribution in [3.05, 3.63) is 54.4 Å². The van der Waals surface area contributed by atoms with Crippen LogP contribution in [0.25, 0.3) is 0 Å². The van der Waals surface area contributed by atoms with Crippen LogP contribution in [0.3, 0.4) is 0 Å². The van der Waals surface area contributed by atoms with Gasteiger partial charge in [0.1, 0.15) is 11.8 Å². The highest BCUT2D eigenvalue weighted by Gasteiger charge is 2.29. The summed E-state index contributed by atoms with van der Waals surface area (Å²) >= 11 is 0. The lowest BCUT2D eigenvalue weighted by Gasteiger charge is -2.27. The summed E-state index contributed by atoms with van der Waals surface area (Å²) in [5, 5.41) is 3.87. The number of nitrogens with one attached hydrogen (secondary N) is 1. The molecule has 2 rings (SSSR count). The lowest BCUT2D eigenvalue weighted by Crippen LogP contribution is -2.46. The van der Waals surface area contributed by atoms with Crippen LogP contribution in [0.5, 0.6) is 5.75 Å². The van der Waals surface area contributed by atoms with Crippen molar-refractivity contribution in [3.63, 3.8) is 0 Å². The van der Waals surface area contributed by atoms with E-state index in [-0.39, 0.29) is 0 Å². The molecule has 144 valence electrons. The van der Waals surface area contributed by atoms with Crippen molar-refractivity contribution in [3.8, 4) is 5.75 Å². The van der Waals surface area contributed by atoms with Crippen molar-refractivity contribution in [2.24, 2.45) is 5.10 Å². The van der Waals surface area contributed by atoms with Crippen molar-refractivity contribution in [2.75, 3.05) is 17.2 Å². The number of ether oxygens (including phenoxy) is 1. The normalized spacial score (nSPS) is 12.6. The van der Waals surface area contributed by atoms with Crippen LogP contribution in [0.1, 0.15) is 19.4 Å². The maximum Gasteiger partial charge on any atom is 0.263 e. The predicted octanol–water partition coefficient (Wildman–Crippen LogP) is 1.79. The van der Waals surface area contributed by atoms with Gasteiger partial charge >= 0.3 is 0 Å². The smallest absolute Gasteiger partial charge is 0.263 e. The first-order chi connectivity index (χ1) is 12.8. The fourth-order valence-corrected chi connectivity index (χ4v) is 3.55. The number of anilines is 1. The molecular weight excluding hydrogens is 368 g/mol. The van der Waals surface area contributed by atoms with E-state index < -0.39 is 22.0 Å². The van der Waals surface area contributed by atoms with E-state index in [4.69, 9.17) is 4.74 Å². The summed E-state index contributed by atoms with van der Waals surface area (Å²) in [6.45, 7) is 3.85. The predicted molar refractivity (Wildman–Crippen MR) is 104 cm³/mol. The van der Waals surface area contributed by atoms with Gasteiger partial charge in [0.25, 0.3) is 5.91 Å². The van der Waals surface area contributed by atoms with Gasteiger partial charge in [-0.1, -0.05) is 0 Å². The number of carbonyl (C=O) groups excluding carboxylic acids is 1. The Hall–Kier alpha value is -2.94. The maximum atomic E-state index is 12.4. The second-order valence-corrected chi connectivity index (χ2v) is 7.54. The molecule has 0 saturated carbocycles. The largest absolute Gasteiger partial charge is 0.494 e. The highest BCUT2D eigenvalue weighted by Crippen LogP contribution is 2.24. The summed E-state index contributed by atoms with van der Waals surface area (Å²) in [5.74, 6) is 0.0633. The molecule has 0 saturated heterocycles. The second kappa shape index (κ2) is 9.13. The molecule has 0 fully saturated rings. The average molecular weight is 390 g/mol. The van der Waals surface area contributed by atoms with Gasteiger partial charge in [0.05, 0.1) is 24.8 Å². The molecule has 0 aliphatic rings. The molecule has 1 amide bonds. The van der Waals surface area contributed by atoms with Gasteiger partial charge in [-0.3, -0.25) is 14.1 Å². The minimum atomic E-state index is -3.69. The molecule has 1 aromatic carbocycles. The number of rotatable bonds is 8. The number of hydrogen-bond donors (Lipinski definition) is 1. The summed E-state index contributed by atoms with van der Waals surface area (Å²) in [5.41, 5.74) is 3.48. The fraction of sp³-hybridized carbons (Fsp3) is 0.278. The zero-order valence-electron chi connectivity index (χ0n) is 15.4. The van der Waals surface area contributed by atoms with Gasteiger partial charge in [-0.2, -0.15) is 5.10 Å². The van der Waals surface area contributed by atoms with E-state index in [1.165, 1.54) is 13.1 Å². The van der Waals surface area contributed by atoms with Crippen LogP contribution in [0.15, 0.2) is 53.9 Å². The standard InChI is InChI=1S/C18H22N4O4S/c1-4-26-17-7-5-16(6-8-17)22(27(3,24)25)14(2)18(23)21-20-13-15-9-11-19-12-10-15/h5-14H,4H2,1-3H3,(H,21,23)/b20-13-/t14-/m0/s1. The molecule has 27 heavy (non-hydrogen) atoms. The summed E-state index contributed by atoms with van der Waals surface area (Å²) in [7, 11) is -3.69. The van der Waals surface area contributed by atoms with Crippen molar-refractivity contribution in [1.29, 1.82) is 0 Å². The van der Waals surface area contributed by atoms with Gasteiger partial charge in [-0.05, 0) is 55.8 Å². The zero-order valence-corrected chi connectivity index (χ0v) is 16.2. The minimum absolute atomic E-state index is 0.363. The molecule has 0 spiro atoms. The number of aromatic nitrogens is 1. The Kier molecular flexibility index (Phi) is 6.89. The number of hydrogen-bond acceptors (Lipinski definition) is 6. The van der Waals surface area contributed by atoms with E-state index in [0.717, 1.165) is 16.1 Å². The second-order valence-electron chi connectivity index (χ2n) is 5.68. The van der Waals surface area contributed by atoms with E-state index in [1.807, 2.05) is 6.92 Å². The van der Waals surface area contributed by atoms with Gasteiger partial charge in [0, 0.05) is 12.4 Å². The molecule has 1 aromatic heterocycles. The number of carbonyl (C=O) groups is 1. The monoisotopic (exact) mass is 390 g/mol. The van der Waals surface area contributed by atoms with Gasteiger partial charge in [0.15, 0.2) is 0 Å². The third-order valence-corrected chi connectivity index (χ3v) is 4.83. The van der Waals surface area contributed by atoms with Crippen LogP contribution in [0, 0.1) is 0 Å². The van der Waals surface area contributed by atoms with Gasteiger partial charge in [-0.15, -0.1) is 0 Å². The van der Waals surface area contributed by atoms with Crippen LogP contribution >= 0.6 is 0 Å². The molecule has 1 heterocycles. The first kappa shape index (κ1) is 20.4. The summed E-state index contributed by atoms with van der Waals surface area (Å²) in [6.07, 6.45) is 5.70. The van der Waals surface area contributed by atoms with Crippen LogP contribution in [-0.2, 0) is 14.8 Å². The van der Waals surface area contributed by atoms with E-state index >= 15 is 0 Å². The molecule has 8 nitrogen and oxygen atoms in total. The topological polar surface area (TPSA) is 101 Å². The molecule has 2 aromatic rings. The van der Waals surface area contributed by atoms with Crippen molar-refractivity contribution >= 4 is 27.8 Å². The molecule has 0 unspecified atom stereocenters. The third kappa shape index (κ3) is 5.78. The molecular formula is C18H22N4O4S.